The molecule has 5 nitrogen and oxygen atoms in total. The summed E-state index contributed by atoms with van der Waals surface area (Å²) < 4.78 is 2.02. The summed E-state index contributed by atoms with van der Waals surface area (Å²) in [7, 11) is 4.18. The first-order chi connectivity index (χ1) is 11.6. The standard InChI is InChI=1S/C19H25N3O2/c1-20-12-18(16-8-3-4-9-17(16)20)22(19(23)24)15-10-13-6-5-7-14(11-15)21(13)2/h3-4,8-9,12-15H,5-7,10-11H2,1-2H3,(H,23,24). The minimum Gasteiger partial charge on any atom is -0.465 e. The summed E-state index contributed by atoms with van der Waals surface area (Å²) >= 11 is 0. The number of anilines is 1. The van der Waals surface area contributed by atoms with Crippen molar-refractivity contribution in [3.63, 3.8) is 0 Å². The maximum Gasteiger partial charge on any atom is 0.412 e. The molecule has 2 unspecified atom stereocenters. The van der Waals surface area contributed by atoms with E-state index in [1.165, 1.54) is 19.3 Å². The third-order valence-electron chi connectivity index (χ3n) is 6.02. The van der Waals surface area contributed by atoms with E-state index in [2.05, 4.69) is 11.9 Å². The second-order valence-electron chi connectivity index (χ2n) is 7.32. The number of benzene rings is 1. The number of piperidine rings is 2. The molecule has 0 aliphatic carbocycles. The molecule has 2 aromatic rings. The fourth-order valence-electron chi connectivity index (χ4n) is 4.77. The van der Waals surface area contributed by atoms with Crippen molar-refractivity contribution in [2.45, 2.75) is 50.2 Å². The SMILES string of the molecule is CN1C2CCCC1CC(N(C(=O)O)c1cn(C)c3ccccc13)C2. The molecule has 2 aliphatic rings. The van der Waals surface area contributed by atoms with Crippen molar-refractivity contribution in [1.82, 2.24) is 9.47 Å². The number of rotatable bonds is 2. The first-order valence-electron chi connectivity index (χ1n) is 8.84. The van der Waals surface area contributed by atoms with Gasteiger partial charge in [-0.25, -0.2) is 4.79 Å². The Morgan fingerprint density at radius 3 is 2.50 bits per heavy atom. The van der Waals surface area contributed by atoms with Crippen LogP contribution in [0.5, 0.6) is 0 Å². The second kappa shape index (κ2) is 5.81. The van der Waals surface area contributed by atoms with Crippen molar-refractivity contribution < 1.29 is 9.90 Å². The molecule has 24 heavy (non-hydrogen) atoms. The Hall–Kier alpha value is -2.01. The van der Waals surface area contributed by atoms with Crippen LogP contribution in [0.3, 0.4) is 0 Å². The van der Waals surface area contributed by atoms with E-state index in [9.17, 15) is 9.90 Å². The number of aryl methyl sites for hydroxylation is 1. The maximum absolute atomic E-state index is 12.2. The molecule has 0 saturated carbocycles. The Morgan fingerprint density at radius 1 is 1.17 bits per heavy atom. The van der Waals surface area contributed by atoms with Crippen LogP contribution in [0.2, 0.25) is 0 Å². The molecular weight excluding hydrogens is 302 g/mol. The van der Waals surface area contributed by atoms with Crippen molar-refractivity contribution in [1.29, 1.82) is 0 Å². The van der Waals surface area contributed by atoms with Gasteiger partial charge in [0.15, 0.2) is 0 Å². The lowest BCUT2D eigenvalue weighted by atomic mass is 9.81. The number of nitrogens with zero attached hydrogens (tertiary/aromatic N) is 3. The molecule has 1 aromatic heterocycles. The molecule has 2 aliphatic heterocycles. The highest BCUT2D eigenvalue weighted by Crippen LogP contribution is 2.38. The normalized spacial score (nSPS) is 27.3. The van der Waals surface area contributed by atoms with Gasteiger partial charge in [0, 0.05) is 42.3 Å². The molecule has 2 saturated heterocycles. The average molecular weight is 327 g/mol. The van der Waals surface area contributed by atoms with E-state index in [1.807, 2.05) is 42.1 Å². The number of para-hydroxylation sites is 1. The van der Waals surface area contributed by atoms with Crippen LogP contribution in [0.4, 0.5) is 10.5 Å². The van der Waals surface area contributed by atoms with Crippen LogP contribution in [0.1, 0.15) is 32.1 Å². The summed E-state index contributed by atoms with van der Waals surface area (Å²) in [6, 6.07) is 9.14. The van der Waals surface area contributed by atoms with Crippen LogP contribution in [0, 0.1) is 0 Å². The molecule has 2 atom stereocenters. The lowest BCUT2D eigenvalue weighted by molar-refractivity contribution is 0.0549. The topological polar surface area (TPSA) is 48.7 Å². The maximum atomic E-state index is 12.2. The molecule has 2 fully saturated rings. The molecule has 2 bridgehead atoms. The summed E-state index contributed by atoms with van der Waals surface area (Å²) in [5.41, 5.74) is 1.90. The lowest BCUT2D eigenvalue weighted by Crippen LogP contribution is -2.56. The fraction of sp³-hybridized carbons (Fsp3) is 0.526. The van der Waals surface area contributed by atoms with Crippen molar-refractivity contribution >= 4 is 22.7 Å². The van der Waals surface area contributed by atoms with E-state index in [1.54, 1.807) is 4.90 Å². The van der Waals surface area contributed by atoms with Crippen molar-refractivity contribution in [2.75, 3.05) is 11.9 Å². The summed E-state index contributed by atoms with van der Waals surface area (Å²) in [4.78, 5) is 16.3. The predicted molar refractivity (Wildman–Crippen MR) is 95.6 cm³/mol. The fourth-order valence-corrected chi connectivity index (χ4v) is 4.77. The highest BCUT2D eigenvalue weighted by atomic mass is 16.4. The van der Waals surface area contributed by atoms with Gasteiger partial charge < -0.3 is 14.6 Å². The molecular formula is C19H25N3O2. The number of aromatic nitrogens is 1. The quantitative estimate of drug-likeness (QED) is 0.915. The molecule has 5 heteroatoms. The second-order valence-corrected chi connectivity index (χ2v) is 7.32. The third kappa shape index (κ3) is 2.38. The number of carboxylic acid groups (broad SMARTS) is 1. The van der Waals surface area contributed by atoms with Gasteiger partial charge in [0.2, 0.25) is 0 Å². The highest BCUT2D eigenvalue weighted by Gasteiger charge is 2.40. The van der Waals surface area contributed by atoms with Gasteiger partial charge in [0.25, 0.3) is 0 Å². The Balaban J connectivity index is 1.74. The average Bonchev–Trinajstić information content (AvgIpc) is 2.85. The van der Waals surface area contributed by atoms with Gasteiger partial charge >= 0.3 is 6.09 Å². The van der Waals surface area contributed by atoms with Crippen LogP contribution >= 0.6 is 0 Å². The largest absolute Gasteiger partial charge is 0.465 e. The number of hydrogen-bond donors (Lipinski definition) is 1. The molecule has 4 rings (SSSR count). The highest BCUT2D eigenvalue weighted by molar-refractivity contribution is 6.01. The van der Waals surface area contributed by atoms with Gasteiger partial charge in [0.05, 0.1) is 5.69 Å². The van der Waals surface area contributed by atoms with Gasteiger partial charge in [0.1, 0.15) is 0 Å². The summed E-state index contributed by atoms with van der Waals surface area (Å²) in [6.07, 6.45) is 6.64. The van der Waals surface area contributed by atoms with E-state index in [4.69, 9.17) is 0 Å². The third-order valence-corrected chi connectivity index (χ3v) is 6.02. The Morgan fingerprint density at radius 2 is 1.83 bits per heavy atom. The van der Waals surface area contributed by atoms with Crippen molar-refractivity contribution in [3.05, 3.63) is 30.5 Å². The molecule has 0 spiro atoms. The molecule has 1 aromatic carbocycles. The van der Waals surface area contributed by atoms with E-state index < -0.39 is 6.09 Å². The van der Waals surface area contributed by atoms with E-state index >= 15 is 0 Å². The Bertz CT molecular complexity index is 755. The summed E-state index contributed by atoms with van der Waals surface area (Å²) in [6.45, 7) is 0. The number of hydrogen-bond acceptors (Lipinski definition) is 2. The molecule has 0 radical (unpaired) electrons. The molecule has 1 N–H and O–H groups in total. The van der Waals surface area contributed by atoms with Crippen LogP contribution in [0.25, 0.3) is 10.9 Å². The van der Waals surface area contributed by atoms with E-state index in [-0.39, 0.29) is 6.04 Å². The van der Waals surface area contributed by atoms with Gasteiger partial charge in [-0.1, -0.05) is 24.6 Å². The first kappa shape index (κ1) is 15.5. The van der Waals surface area contributed by atoms with Crippen LogP contribution in [-0.4, -0.2) is 45.8 Å². The van der Waals surface area contributed by atoms with E-state index in [0.717, 1.165) is 29.4 Å². The monoisotopic (exact) mass is 327 g/mol. The summed E-state index contributed by atoms with van der Waals surface area (Å²) in [5.74, 6) is 0. The van der Waals surface area contributed by atoms with Gasteiger partial charge in [-0.15, -0.1) is 0 Å². The van der Waals surface area contributed by atoms with Crippen LogP contribution in [0.15, 0.2) is 30.5 Å². The smallest absolute Gasteiger partial charge is 0.412 e. The minimum atomic E-state index is -0.834. The zero-order valence-electron chi connectivity index (χ0n) is 14.4. The van der Waals surface area contributed by atoms with Gasteiger partial charge in [-0.05, 0) is 38.8 Å². The number of fused-ring (bicyclic) bond motifs is 3. The molecule has 3 heterocycles. The number of carbonyl (C=O) groups is 1. The molecule has 128 valence electrons. The Kier molecular flexibility index (Phi) is 3.76. The zero-order valence-corrected chi connectivity index (χ0v) is 14.4. The van der Waals surface area contributed by atoms with E-state index in [0.29, 0.717) is 12.1 Å². The van der Waals surface area contributed by atoms with Gasteiger partial charge in [-0.2, -0.15) is 0 Å². The lowest BCUT2D eigenvalue weighted by Gasteiger charge is -2.49. The Labute approximate surface area is 142 Å². The van der Waals surface area contributed by atoms with Gasteiger partial charge in [-0.3, -0.25) is 4.90 Å². The van der Waals surface area contributed by atoms with Crippen molar-refractivity contribution in [2.24, 2.45) is 7.05 Å². The zero-order chi connectivity index (χ0) is 16.8. The molecule has 1 amide bonds. The van der Waals surface area contributed by atoms with Crippen molar-refractivity contribution in [3.8, 4) is 0 Å². The number of amides is 1. The van der Waals surface area contributed by atoms with Crippen LogP contribution in [-0.2, 0) is 7.05 Å². The minimum absolute atomic E-state index is 0.0693. The summed E-state index contributed by atoms with van der Waals surface area (Å²) in [5, 5.41) is 11.0. The predicted octanol–water partition coefficient (Wildman–Crippen LogP) is 3.68. The van der Waals surface area contributed by atoms with Crippen LogP contribution < -0.4 is 4.90 Å². The first-order valence-corrected chi connectivity index (χ1v) is 8.84.